The molecule has 0 unspecified atom stereocenters. The van der Waals surface area contributed by atoms with Crippen LogP contribution in [0, 0.1) is 3.57 Å². The minimum absolute atomic E-state index is 0.179. The molecule has 1 aromatic rings. The molecule has 0 amide bonds. The molecule has 0 atom stereocenters. The summed E-state index contributed by atoms with van der Waals surface area (Å²) in [4.78, 5) is 0. The number of hydrogen-bond donors (Lipinski definition) is 1. The molecule has 0 saturated carbocycles. The normalized spacial score (nSPS) is 19.6. The lowest BCUT2D eigenvalue weighted by molar-refractivity contribution is -0.0109. The largest absolute Gasteiger partial charge is 0.307 e. The molecule has 0 bridgehead atoms. The average Bonchev–Trinajstić information content (AvgIpc) is 2.06. The van der Waals surface area contributed by atoms with Crippen LogP contribution in [0.1, 0.15) is 11.1 Å². The van der Waals surface area contributed by atoms with E-state index in [1.54, 1.807) is 6.07 Å². The highest BCUT2D eigenvalue weighted by molar-refractivity contribution is 14.1. The zero-order valence-electron chi connectivity index (χ0n) is 6.78. The van der Waals surface area contributed by atoms with Crippen LogP contribution in [0.25, 0.3) is 0 Å². The Morgan fingerprint density at radius 3 is 2.85 bits per heavy atom. The molecular formula is C9H8F2IN. The van der Waals surface area contributed by atoms with Crippen LogP contribution in [0.5, 0.6) is 0 Å². The van der Waals surface area contributed by atoms with Crippen molar-refractivity contribution in [2.45, 2.75) is 12.5 Å². The summed E-state index contributed by atoms with van der Waals surface area (Å²) < 4.78 is 27.5. The highest BCUT2D eigenvalue weighted by atomic mass is 127. The fraction of sp³-hybridized carbons (Fsp3) is 0.333. The van der Waals surface area contributed by atoms with Gasteiger partial charge in [-0.25, -0.2) is 0 Å². The van der Waals surface area contributed by atoms with Crippen molar-refractivity contribution in [2.75, 3.05) is 6.54 Å². The zero-order chi connectivity index (χ0) is 9.47. The summed E-state index contributed by atoms with van der Waals surface area (Å²) in [5, 5.41) is 2.72. The van der Waals surface area contributed by atoms with Gasteiger partial charge in [-0.15, -0.1) is 0 Å². The Bertz CT molecular complexity index is 338. The van der Waals surface area contributed by atoms with Crippen LogP contribution in [0.2, 0.25) is 0 Å². The molecule has 70 valence electrons. The van der Waals surface area contributed by atoms with E-state index in [4.69, 9.17) is 0 Å². The van der Waals surface area contributed by atoms with E-state index in [0.29, 0.717) is 6.54 Å². The van der Waals surface area contributed by atoms with E-state index in [9.17, 15) is 8.78 Å². The fourth-order valence-electron chi connectivity index (χ4n) is 1.52. The molecule has 1 aromatic carbocycles. The summed E-state index contributed by atoms with van der Waals surface area (Å²) in [6.45, 7) is 0.296. The molecule has 1 heterocycles. The number of benzene rings is 1. The zero-order valence-corrected chi connectivity index (χ0v) is 8.94. The molecule has 1 aliphatic heterocycles. The van der Waals surface area contributed by atoms with Gasteiger partial charge in [0.2, 0.25) is 0 Å². The third-order valence-electron chi connectivity index (χ3n) is 2.16. The Kier molecular flexibility index (Phi) is 2.27. The van der Waals surface area contributed by atoms with E-state index >= 15 is 0 Å². The van der Waals surface area contributed by atoms with Crippen molar-refractivity contribution in [1.82, 2.24) is 5.32 Å². The number of alkyl halides is 2. The molecule has 2 rings (SSSR count). The van der Waals surface area contributed by atoms with Gasteiger partial charge in [-0.1, -0.05) is 12.1 Å². The first kappa shape index (κ1) is 9.33. The number of halogens is 3. The highest BCUT2D eigenvalue weighted by Gasteiger charge is 2.36. The highest BCUT2D eigenvalue weighted by Crippen LogP contribution is 2.34. The topological polar surface area (TPSA) is 12.0 Å². The summed E-state index contributed by atoms with van der Waals surface area (Å²) in [6, 6.07) is 5.04. The van der Waals surface area contributed by atoms with Gasteiger partial charge >= 0.3 is 0 Å². The summed E-state index contributed by atoms with van der Waals surface area (Å²) >= 11 is 2.09. The molecule has 0 aromatic heterocycles. The van der Waals surface area contributed by atoms with Crippen molar-refractivity contribution in [3.05, 3.63) is 32.9 Å². The van der Waals surface area contributed by atoms with Gasteiger partial charge in [-0.3, -0.25) is 0 Å². The second-order valence-electron chi connectivity index (χ2n) is 3.07. The fourth-order valence-corrected chi connectivity index (χ4v) is 2.21. The number of nitrogens with one attached hydrogen (secondary N) is 1. The molecule has 4 heteroatoms. The number of rotatable bonds is 0. The van der Waals surface area contributed by atoms with Gasteiger partial charge in [0.05, 0.1) is 6.54 Å². The lowest BCUT2D eigenvalue weighted by Crippen LogP contribution is -2.37. The molecule has 1 nitrogen and oxygen atoms in total. The SMILES string of the molecule is FC1(F)CNCc2c(I)cccc21. The van der Waals surface area contributed by atoms with E-state index in [1.165, 1.54) is 6.07 Å². The van der Waals surface area contributed by atoms with E-state index in [-0.39, 0.29) is 12.1 Å². The minimum atomic E-state index is -2.71. The Morgan fingerprint density at radius 2 is 2.15 bits per heavy atom. The van der Waals surface area contributed by atoms with Gasteiger partial charge in [0, 0.05) is 15.7 Å². The quantitative estimate of drug-likeness (QED) is 0.725. The van der Waals surface area contributed by atoms with Crippen molar-refractivity contribution in [3.63, 3.8) is 0 Å². The summed E-state index contributed by atoms with van der Waals surface area (Å²) in [5.41, 5.74) is 0.914. The number of hydrogen-bond acceptors (Lipinski definition) is 1. The smallest absolute Gasteiger partial charge is 0.285 e. The van der Waals surface area contributed by atoms with Crippen LogP contribution < -0.4 is 5.32 Å². The maximum absolute atomic E-state index is 13.3. The minimum Gasteiger partial charge on any atom is -0.307 e. The summed E-state index contributed by atoms with van der Waals surface area (Å²) in [7, 11) is 0. The third kappa shape index (κ3) is 1.57. The van der Waals surface area contributed by atoms with Crippen molar-refractivity contribution in [2.24, 2.45) is 0 Å². The second-order valence-corrected chi connectivity index (χ2v) is 4.24. The Morgan fingerprint density at radius 1 is 1.38 bits per heavy atom. The molecule has 0 fully saturated rings. The van der Waals surface area contributed by atoms with Crippen molar-refractivity contribution >= 4 is 22.6 Å². The predicted octanol–water partition coefficient (Wildman–Crippen LogP) is 2.49. The molecule has 13 heavy (non-hydrogen) atoms. The van der Waals surface area contributed by atoms with E-state index in [1.807, 2.05) is 6.07 Å². The molecule has 0 aliphatic carbocycles. The number of fused-ring (bicyclic) bond motifs is 1. The molecule has 0 radical (unpaired) electrons. The summed E-state index contributed by atoms with van der Waals surface area (Å²) in [5.74, 6) is -2.71. The van der Waals surface area contributed by atoms with Gasteiger partial charge in [-0.2, -0.15) is 8.78 Å². The molecule has 0 spiro atoms. The Hall–Kier alpha value is -0.230. The van der Waals surface area contributed by atoms with Crippen LogP contribution >= 0.6 is 22.6 Å². The maximum atomic E-state index is 13.3. The van der Waals surface area contributed by atoms with E-state index < -0.39 is 5.92 Å². The van der Waals surface area contributed by atoms with E-state index in [2.05, 4.69) is 27.9 Å². The Labute approximate surface area is 88.7 Å². The molecule has 0 saturated heterocycles. The van der Waals surface area contributed by atoms with Crippen LogP contribution in [-0.4, -0.2) is 6.54 Å². The van der Waals surface area contributed by atoms with Crippen LogP contribution in [0.4, 0.5) is 8.78 Å². The molecule has 1 aliphatic rings. The van der Waals surface area contributed by atoms with Gasteiger partial charge in [-0.05, 0) is 34.2 Å². The maximum Gasteiger partial charge on any atom is 0.285 e. The second kappa shape index (κ2) is 3.16. The Balaban J connectivity index is 2.58. The molecule has 1 N–H and O–H groups in total. The third-order valence-corrected chi connectivity index (χ3v) is 3.17. The first-order chi connectivity index (χ1) is 6.11. The standard InChI is InChI=1S/C9H8F2IN/c10-9(11)5-13-4-6-7(9)2-1-3-8(6)12/h1-3,13H,4-5H2. The van der Waals surface area contributed by atoms with Gasteiger partial charge in [0.1, 0.15) is 0 Å². The lowest BCUT2D eigenvalue weighted by atomic mass is 9.98. The predicted molar refractivity (Wildman–Crippen MR) is 54.8 cm³/mol. The summed E-state index contributed by atoms with van der Waals surface area (Å²) in [6.07, 6.45) is 0. The van der Waals surface area contributed by atoms with E-state index in [0.717, 1.165) is 9.13 Å². The first-order valence-corrected chi connectivity index (χ1v) is 5.05. The van der Waals surface area contributed by atoms with Gasteiger partial charge in [0.25, 0.3) is 5.92 Å². The van der Waals surface area contributed by atoms with Crippen LogP contribution in [0.15, 0.2) is 18.2 Å². The van der Waals surface area contributed by atoms with Crippen LogP contribution in [-0.2, 0) is 12.5 Å². The van der Waals surface area contributed by atoms with Crippen molar-refractivity contribution in [3.8, 4) is 0 Å². The van der Waals surface area contributed by atoms with Crippen LogP contribution in [0.3, 0.4) is 0 Å². The molecular weight excluding hydrogens is 287 g/mol. The van der Waals surface area contributed by atoms with Gasteiger partial charge < -0.3 is 5.32 Å². The monoisotopic (exact) mass is 295 g/mol. The average molecular weight is 295 g/mol. The first-order valence-electron chi connectivity index (χ1n) is 3.98. The van der Waals surface area contributed by atoms with Gasteiger partial charge in [0.15, 0.2) is 0 Å². The van der Waals surface area contributed by atoms with Crippen molar-refractivity contribution in [1.29, 1.82) is 0 Å². The van der Waals surface area contributed by atoms with Crippen molar-refractivity contribution < 1.29 is 8.78 Å². The lowest BCUT2D eigenvalue weighted by Gasteiger charge is -2.26.